The summed E-state index contributed by atoms with van der Waals surface area (Å²) in [5, 5.41) is 3.44. The van der Waals surface area contributed by atoms with Gasteiger partial charge in [0, 0.05) is 12.6 Å². The van der Waals surface area contributed by atoms with Gasteiger partial charge in [-0.25, -0.2) is 0 Å². The second-order valence-corrected chi connectivity index (χ2v) is 2.95. The number of allylic oxidation sites excluding steroid dienone is 1. The third-order valence-electron chi connectivity index (χ3n) is 1.95. The highest BCUT2D eigenvalue weighted by Gasteiger charge is 2.13. The molecule has 1 aliphatic rings. The van der Waals surface area contributed by atoms with Crippen molar-refractivity contribution in [2.45, 2.75) is 25.3 Å². The predicted molar refractivity (Wildman–Crippen MR) is 46.7 cm³/mol. The minimum atomic E-state index is 0.611. The van der Waals surface area contributed by atoms with Crippen LogP contribution >= 0.6 is 0 Å². The monoisotopic (exact) mass is 155 g/mol. The van der Waals surface area contributed by atoms with Crippen LogP contribution in [-0.4, -0.2) is 25.8 Å². The molecule has 0 aromatic heterocycles. The molecule has 0 spiro atoms. The van der Waals surface area contributed by atoms with Crippen molar-refractivity contribution in [3.8, 4) is 0 Å². The first-order chi connectivity index (χ1) is 5.43. The molecule has 1 rings (SSSR count). The topological polar surface area (TPSA) is 21.3 Å². The van der Waals surface area contributed by atoms with Gasteiger partial charge in [-0.3, -0.25) is 0 Å². The second kappa shape index (κ2) is 5.33. The standard InChI is InChI=1S/C9H17NO/c1-2-3-4-6-10-9-5-7-11-8-9/h2,9-10H,1,3-8H2. The summed E-state index contributed by atoms with van der Waals surface area (Å²) in [6, 6.07) is 0.611. The lowest BCUT2D eigenvalue weighted by Crippen LogP contribution is -2.29. The van der Waals surface area contributed by atoms with Gasteiger partial charge >= 0.3 is 0 Å². The van der Waals surface area contributed by atoms with E-state index in [1.54, 1.807) is 0 Å². The summed E-state index contributed by atoms with van der Waals surface area (Å²) in [6.45, 7) is 6.60. The second-order valence-electron chi connectivity index (χ2n) is 2.95. The van der Waals surface area contributed by atoms with Crippen LogP contribution in [0.2, 0.25) is 0 Å². The molecule has 0 amide bonds. The van der Waals surface area contributed by atoms with Crippen LogP contribution in [0.25, 0.3) is 0 Å². The third-order valence-corrected chi connectivity index (χ3v) is 1.95. The number of hydrogen-bond donors (Lipinski definition) is 1. The van der Waals surface area contributed by atoms with Crippen molar-refractivity contribution < 1.29 is 4.74 Å². The summed E-state index contributed by atoms with van der Waals surface area (Å²) in [4.78, 5) is 0. The van der Waals surface area contributed by atoms with Crippen molar-refractivity contribution in [1.82, 2.24) is 5.32 Å². The van der Waals surface area contributed by atoms with E-state index in [-0.39, 0.29) is 0 Å². The number of unbranched alkanes of at least 4 members (excludes halogenated alkanes) is 1. The van der Waals surface area contributed by atoms with Gasteiger partial charge in [-0.1, -0.05) is 6.08 Å². The molecule has 0 bridgehead atoms. The Balaban J connectivity index is 1.89. The molecular weight excluding hydrogens is 138 g/mol. The number of rotatable bonds is 5. The molecule has 0 saturated carbocycles. The molecule has 1 saturated heterocycles. The molecule has 1 unspecified atom stereocenters. The average Bonchev–Trinajstić information content (AvgIpc) is 2.50. The SMILES string of the molecule is C=CCCCNC1CCOC1. The van der Waals surface area contributed by atoms with E-state index in [0.717, 1.165) is 26.2 Å². The highest BCUT2D eigenvalue weighted by Crippen LogP contribution is 2.02. The highest BCUT2D eigenvalue weighted by molar-refractivity contribution is 4.72. The maximum absolute atomic E-state index is 5.23. The van der Waals surface area contributed by atoms with E-state index in [1.165, 1.54) is 12.8 Å². The molecule has 1 atom stereocenters. The first kappa shape index (κ1) is 8.75. The minimum Gasteiger partial charge on any atom is -0.380 e. The van der Waals surface area contributed by atoms with E-state index in [2.05, 4.69) is 11.9 Å². The van der Waals surface area contributed by atoms with Gasteiger partial charge in [-0.15, -0.1) is 6.58 Å². The molecule has 2 nitrogen and oxygen atoms in total. The van der Waals surface area contributed by atoms with Gasteiger partial charge in [0.2, 0.25) is 0 Å². The van der Waals surface area contributed by atoms with Crippen molar-refractivity contribution in [2.24, 2.45) is 0 Å². The molecule has 1 heterocycles. The summed E-state index contributed by atoms with van der Waals surface area (Å²) in [7, 11) is 0. The zero-order chi connectivity index (χ0) is 7.94. The molecule has 0 aromatic rings. The molecule has 11 heavy (non-hydrogen) atoms. The van der Waals surface area contributed by atoms with Crippen LogP contribution in [-0.2, 0) is 4.74 Å². The van der Waals surface area contributed by atoms with Gasteiger partial charge in [-0.05, 0) is 25.8 Å². The van der Waals surface area contributed by atoms with Crippen LogP contribution in [0.5, 0.6) is 0 Å². The Kier molecular flexibility index (Phi) is 4.24. The van der Waals surface area contributed by atoms with Gasteiger partial charge in [0.25, 0.3) is 0 Å². The largest absolute Gasteiger partial charge is 0.380 e. The fraction of sp³-hybridized carbons (Fsp3) is 0.778. The number of ether oxygens (including phenoxy) is 1. The lowest BCUT2D eigenvalue weighted by Gasteiger charge is -2.08. The number of hydrogen-bond acceptors (Lipinski definition) is 2. The molecule has 0 aromatic carbocycles. The number of nitrogens with one attached hydrogen (secondary N) is 1. The molecular formula is C9H17NO. The van der Waals surface area contributed by atoms with Crippen LogP contribution < -0.4 is 5.32 Å². The van der Waals surface area contributed by atoms with Crippen LogP contribution in [0.4, 0.5) is 0 Å². The summed E-state index contributed by atoms with van der Waals surface area (Å²) >= 11 is 0. The maximum atomic E-state index is 5.23. The summed E-state index contributed by atoms with van der Waals surface area (Å²) in [6.07, 6.45) is 5.45. The van der Waals surface area contributed by atoms with Crippen LogP contribution in [0.15, 0.2) is 12.7 Å². The first-order valence-electron chi connectivity index (χ1n) is 4.35. The van der Waals surface area contributed by atoms with Gasteiger partial charge in [0.1, 0.15) is 0 Å². The van der Waals surface area contributed by atoms with E-state index in [1.807, 2.05) is 6.08 Å². The van der Waals surface area contributed by atoms with Crippen LogP contribution in [0, 0.1) is 0 Å². The summed E-state index contributed by atoms with van der Waals surface area (Å²) in [5.41, 5.74) is 0. The van der Waals surface area contributed by atoms with Crippen molar-refractivity contribution in [3.63, 3.8) is 0 Å². The van der Waals surface area contributed by atoms with Crippen molar-refractivity contribution >= 4 is 0 Å². The lowest BCUT2D eigenvalue weighted by atomic mass is 10.2. The van der Waals surface area contributed by atoms with Gasteiger partial charge in [-0.2, -0.15) is 0 Å². The zero-order valence-electron chi connectivity index (χ0n) is 7.01. The van der Waals surface area contributed by atoms with E-state index in [0.29, 0.717) is 6.04 Å². The van der Waals surface area contributed by atoms with Crippen LogP contribution in [0.3, 0.4) is 0 Å². The Morgan fingerprint density at radius 3 is 3.18 bits per heavy atom. The Morgan fingerprint density at radius 2 is 2.55 bits per heavy atom. The minimum absolute atomic E-state index is 0.611. The lowest BCUT2D eigenvalue weighted by molar-refractivity contribution is 0.190. The Labute approximate surface area is 68.6 Å². The molecule has 2 heteroatoms. The van der Waals surface area contributed by atoms with Crippen molar-refractivity contribution in [3.05, 3.63) is 12.7 Å². The third kappa shape index (κ3) is 3.54. The Morgan fingerprint density at radius 1 is 1.64 bits per heavy atom. The van der Waals surface area contributed by atoms with E-state index >= 15 is 0 Å². The molecule has 0 radical (unpaired) electrons. The summed E-state index contributed by atoms with van der Waals surface area (Å²) < 4.78 is 5.23. The van der Waals surface area contributed by atoms with Crippen molar-refractivity contribution in [1.29, 1.82) is 0 Å². The molecule has 1 fully saturated rings. The predicted octanol–water partition coefficient (Wildman–Crippen LogP) is 1.33. The maximum Gasteiger partial charge on any atom is 0.0620 e. The van der Waals surface area contributed by atoms with Crippen molar-refractivity contribution in [2.75, 3.05) is 19.8 Å². The molecule has 0 aliphatic carbocycles. The fourth-order valence-corrected chi connectivity index (χ4v) is 1.25. The van der Waals surface area contributed by atoms with Gasteiger partial charge in [0.05, 0.1) is 6.61 Å². The molecule has 1 aliphatic heterocycles. The van der Waals surface area contributed by atoms with E-state index < -0.39 is 0 Å². The normalized spacial score (nSPS) is 23.8. The van der Waals surface area contributed by atoms with Crippen LogP contribution in [0.1, 0.15) is 19.3 Å². The first-order valence-corrected chi connectivity index (χ1v) is 4.35. The zero-order valence-corrected chi connectivity index (χ0v) is 7.01. The van der Waals surface area contributed by atoms with Gasteiger partial charge < -0.3 is 10.1 Å². The Hall–Kier alpha value is -0.340. The van der Waals surface area contributed by atoms with E-state index in [4.69, 9.17) is 4.74 Å². The smallest absolute Gasteiger partial charge is 0.0620 e. The van der Waals surface area contributed by atoms with Gasteiger partial charge in [0.15, 0.2) is 0 Å². The summed E-state index contributed by atoms with van der Waals surface area (Å²) in [5.74, 6) is 0. The Bertz CT molecular complexity index is 108. The van der Waals surface area contributed by atoms with E-state index in [9.17, 15) is 0 Å². The molecule has 1 N–H and O–H groups in total. The fourth-order valence-electron chi connectivity index (χ4n) is 1.25. The molecule has 64 valence electrons. The quantitative estimate of drug-likeness (QED) is 0.477. The highest BCUT2D eigenvalue weighted by atomic mass is 16.5. The average molecular weight is 155 g/mol.